The van der Waals surface area contributed by atoms with Crippen molar-refractivity contribution in [3.63, 3.8) is 0 Å². The molecule has 1 N–H and O–H groups in total. The molecule has 0 spiro atoms. The molecule has 1 heterocycles. The number of sulfone groups is 1. The summed E-state index contributed by atoms with van der Waals surface area (Å²) in [6.45, 7) is 3.66. The third-order valence-electron chi connectivity index (χ3n) is 3.28. The first kappa shape index (κ1) is 15.4. The molecule has 1 saturated heterocycles. The number of nitrogens with one attached hydrogen (secondary N) is 1. The molecule has 0 aromatic heterocycles. The maximum atomic E-state index is 12.6. The molecule has 6 nitrogen and oxygen atoms in total. The van der Waals surface area contributed by atoms with Gasteiger partial charge in [0.1, 0.15) is 0 Å². The molecule has 1 aromatic rings. The van der Waals surface area contributed by atoms with E-state index in [1.165, 1.54) is 22.5 Å². The monoisotopic (exact) mass is 318 g/mol. The van der Waals surface area contributed by atoms with E-state index in [2.05, 4.69) is 5.32 Å². The molecule has 1 aromatic carbocycles. The predicted octanol–water partition coefficient (Wildman–Crippen LogP) is -0.00758. The highest BCUT2D eigenvalue weighted by Crippen LogP contribution is 2.23. The van der Waals surface area contributed by atoms with E-state index in [1.807, 2.05) is 0 Å². The van der Waals surface area contributed by atoms with Gasteiger partial charge < -0.3 is 5.32 Å². The van der Waals surface area contributed by atoms with Gasteiger partial charge in [0.2, 0.25) is 10.0 Å². The molecule has 0 radical (unpaired) electrons. The maximum Gasteiger partial charge on any atom is 0.243 e. The lowest BCUT2D eigenvalue weighted by atomic mass is 10.2. The van der Waals surface area contributed by atoms with Gasteiger partial charge in [-0.25, -0.2) is 16.8 Å². The molecule has 0 saturated carbocycles. The van der Waals surface area contributed by atoms with Gasteiger partial charge in [-0.2, -0.15) is 4.31 Å². The average Bonchev–Trinajstić information content (AvgIpc) is 2.38. The lowest BCUT2D eigenvalue weighted by Crippen LogP contribution is -2.46. The summed E-state index contributed by atoms with van der Waals surface area (Å²) in [5, 5.41) is 3.09. The van der Waals surface area contributed by atoms with Crippen LogP contribution in [0.3, 0.4) is 0 Å². The fourth-order valence-electron chi connectivity index (χ4n) is 2.11. The zero-order chi connectivity index (χ0) is 15.0. The predicted molar refractivity (Wildman–Crippen MR) is 75.9 cm³/mol. The van der Waals surface area contributed by atoms with Gasteiger partial charge in [-0.05, 0) is 24.6 Å². The van der Waals surface area contributed by atoms with Gasteiger partial charge in [0.15, 0.2) is 9.84 Å². The van der Waals surface area contributed by atoms with Crippen LogP contribution in [0.4, 0.5) is 0 Å². The van der Waals surface area contributed by atoms with Gasteiger partial charge in [0, 0.05) is 32.4 Å². The van der Waals surface area contributed by atoms with Gasteiger partial charge in [0.05, 0.1) is 9.79 Å². The molecule has 20 heavy (non-hydrogen) atoms. The fraction of sp³-hybridized carbons (Fsp3) is 0.500. The van der Waals surface area contributed by atoms with Crippen LogP contribution in [-0.4, -0.2) is 53.6 Å². The third-order valence-corrected chi connectivity index (χ3v) is 6.43. The van der Waals surface area contributed by atoms with Crippen LogP contribution < -0.4 is 5.32 Å². The Morgan fingerprint density at radius 2 is 1.70 bits per heavy atom. The first-order valence-corrected chi connectivity index (χ1v) is 9.57. The van der Waals surface area contributed by atoms with Crippen LogP contribution in [0.2, 0.25) is 0 Å². The van der Waals surface area contributed by atoms with Gasteiger partial charge in [-0.15, -0.1) is 0 Å². The van der Waals surface area contributed by atoms with Crippen LogP contribution in [0.5, 0.6) is 0 Å². The molecular formula is C12H18N2O4S2. The Morgan fingerprint density at radius 3 is 2.25 bits per heavy atom. The van der Waals surface area contributed by atoms with Crippen LogP contribution >= 0.6 is 0 Å². The first-order valence-electron chi connectivity index (χ1n) is 6.24. The third kappa shape index (κ3) is 3.03. The van der Waals surface area contributed by atoms with Crippen molar-refractivity contribution in [2.75, 3.05) is 32.4 Å². The summed E-state index contributed by atoms with van der Waals surface area (Å²) >= 11 is 0. The molecule has 0 atom stereocenters. The summed E-state index contributed by atoms with van der Waals surface area (Å²) < 4.78 is 49.7. The quantitative estimate of drug-likeness (QED) is 0.847. The molecule has 0 unspecified atom stereocenters. The van der Waals surface area contributed by atoms with Crippen LogP contribution in [0.15, 0.2) is 28.0 Å². The number of benzene rings is 1. The van der Waals surface area contributed by atoms with Crippen molar-refractivity contribution in [3.05, 3.63) is 23.8 Å². The summed E-state index contributed by atoms with van der Waals surface area (Å²) in [5.74, 6) is 0. The van der Waals surface area contributed by atoms with Crippen molar-refractivity contribution in [1.82, 2.24) is 9.62 Å². The number of hydrogen-bond acceptors (Lipinski definition) is 5. The van der Waals surface area contributed by atoms with Crippen LogP contribution in [0, 0.1) is 6.92 Å². The van der Waals surface area contributed by atoms with E-state index in [1.54, 1.807) is 6.92 Å². The average molecular weight is 318 g/mol. The minimum atomic E-state index is -3.65. The Balaban J connectivity index is 2.50. The SMILES string of the molecule is Cc1ccc(S(C)(=O)=O)cc1S(=O)(=O)N1CCNCC1. The summed E-state index contributed by atoms with van der Waals surface area (Å²) in [6, 6.07) is 4.22. The van der Waals surface area contributed by atoms with E-state index < -0.39 is 19.9 Å². The van der Waals surface area contributed by atoms with Crippen LogP contribution in [0.25, 0.3) is 0 Å². The van der Waals surface area contributed by atoms with Gasteiger partial charge in [-0.3, -0.25) is 0 Å². The van der Waals surface area contributed by atoms with Crippen molar-refractivity contribution < 1.29 is 16.8 Å². The van der Waals surface area contributed by atoms with E-state index in [4.69, 9.17) is 0 Å². The van der Waals surface area contributed by atoms with Crippen molar-refractivity contribution in [2.45, 2.75) is 16.7 Å². The highest BCUT2D eigenvalue weighted by molar-refractivity contribution is 7.91. The number of aryl methyl sites for hydroxylation is 1. The number of rotatable bonds is 3. The summed E-state index contributed by atoms with van der Waals surface area (Å²) in [7, 11) is -7.07. The van der Waals surface area contributed by atoms with Gasteiger partial charge in [-0.1, -0.05) is 6.07 Å². The molecule has 1 aliphatic heterocycles. The Hall–Kier alpha value is -0.960. The minimum absolute atomic E-state index is 0.0248. The van der Waals surface area contributed by atoms with Crippen LogP contribution in [-0.2, 0) is 19.9 Å². The molecule has 0 aliphatic carbocycles. The number of nitrogens with zero attached hydrogens (tertiary/aromatic N) is 1. The molecule has 2 rings (SSSR count). The molecule has 1 aliphatic rings. The Kier molecular flexibility index (Phi) is 4.19. The Labute approximate surface area is 119 Å². The topological polar surface area (TPSA) is 83.5 Å². The Bertz CT molecular complexity index is 705. The van der Waals surface area contributed by atoms with Crippen molar-refractivity contribution >= 4 is 19.9 Å². The summed E-state index contributed by atoms with van der Waals surface area (Å²) in [5.41, 5.74) is 0.552. The summed E-state index contributed by atoms with van der Waals surface area (Å²) in [4.78, 5) is 0.0964. The molecule has 1 fully saturated rings. The van der Waals surface area contributed by atoms with E-state index >= 15 is 0 Å². The lowest BCUT2D eigenvalue weighted by molar-refractivity contribution is 0.360. The van der Waals surface area contributed by atoms with Gasteiger partial charge >= 0.3 is 0 Å². The fourth-order valence-corrected chi connectivity index (χ4v) is 4.53. The highest BCUT2D eigenvalue weighted by Gasteiger charge is 2.28. The van der Waals surface area contributed by atoms with Crippen molar-refractivity contribution in [2.24, 2.45) is 0 Å². The van der Waals surface area contributed by atoms with Crippen molar-refractivity contribution in [3.8, 4) is 0 Å². The number of hydrogen-bond donors (Lipinski definition) is 1. The molecule has 0 amide bonds. The minimum Gasteiger partial charge on any atom is -0.314 e. The maximum absolute atomic E-state index is 12.6. The smallest absolute Gasteiger partial charge is 0.243 e. The highest BCUT2D eigenvalue weighted by atomic mass is 32.2. The normalized spacial score (nSPS) is 18.1. The second-order valence-corrected chi connectivity index (χ2v) is 8.78. The standard InChI is InChI=1S/C12H18N2O4S2/c1-10-3-4-11(19(2,15)16)9-12(10)20(17,18)14-7-5-13-6-8-14/h3-4,9,13H,5-8H2,1-2H3. The number of sulfonamides is 1. The molecule has 0 bridgehead atoms. The summed E-state index contributed by atoms with van der Waals surface area (Å²) in [6.07, 6.45) is 1.07. The largest absolute Gasteiger partial charge is 0.314 e. The zero-order valence-corrected chi connectivity index (χ0v) is 13.1. The lowest BCUT2D eigenvalue weighted by Gasteiger charge is -2.27. The second-order valence-electron chi connectivity index (χ2n) is 4.85. The van der Waals surface area contributed by atoms with Gasteiger partial charge in [0.25, 0.3) is 0 Å². The molecular weight excluding hydrogens is 300 g/mol. The van der Waals surface area contributed by atoms with E-state index in [0.717, 1.165) is 6.26 Å². The first-order chi connectivity index (χ1) is 9.23. The van der Waals surface area contributed by atoms with E-state index in [-0.39, 0.29) is 9.79 Å². The van der Waals surface area contributed by atoms with E-state index in [0.29, 0.717) is 31.7 Å². The van der Waals surface area contributed by atoms with Crippen molar-refractivity contribution in [1.29, 1.82) is 0 Å². The number of piperazine rings is 1. The van der Waals surface area contributed by atoms with Crippen LogP contribution in [0.1, 0.15) is 5.56 Å². The van der Waals surface area contributed by atoms with E-state index in [9.17, 15) is 16.8 Å². The molecule has 112 valence electrons. The zero-order valence-electron chi connectivity index (χ0n) is 11.5. The molecule has 8 heteroatoms. The second kappa shape index (κ2) is 5.44. The Morgan fingerprint density at radius 1 is 1.10 bits per heavy atom.